The second-order valence-electron chi connectivity index (χ2n) is 3.22. The first kappa shape index (κ1) is 10.5. The van der Waals surface area contributed by atoms with Gasteiger partial charge in [-0.3, -0.25) is 0 Å². The Labute approximate surface area is 93.8 Å². The Balaban J connectivity index is 2.78. The predicted molar refractivity (Wildman–Crippen MR) is 61.4 cm³/mol. The number of methoxy groups -OCH3 is 3. The quantitative estimate of drug-likeness (QED) is 0.794. The third-order valence-electron chi connectivity index (χ3n) is 2.39. The fraction of sp³-hybridized carbons (Fsp3) is 0.250. The number of aromatic nitrogens is 1. The van der Waals surface area contributed by atoms with E-state index in [4.69, 9.17) is 14.2 Å². The first-order valence-corrected chi connectivity index (χ1v) is 4.86. The van der Waals surface area contributed by atoms with Crippen LogP contribution in [-0.4, -0.2) is 26.3 Å². The van der Waals surface area contributed by atoms with Crippen LogP contribution in [0.2, 0.25) is 0 Å². The number of rotatable bonds is 3. The van der Waals surface area contributed by atoms with Crippen LogP contribution in [0.15, 0.2) is 24.3 Å². The average molecular weight is 219 g/mol. The SMILES string of the molecule is COc1cc(OC)c2cccc(OC)c2n1. The summed E-state index contributed by atoms with van der Waals surface area (Å²) in [6, 6.07) is 7.44. The molecule has 84 valence electrons. The number of hydrogen-bond acceptors (Lipinski definition) is 4. The van der Waals surface area contributed by atoms with Crippen molar-refractivity contribution >= 4 is 10.9 Å². The maximum Gasteiger partial charge on any atom is 0.217 e. The van der Waals surface area contributed by atoms with Gasteiger partial charge in [0.2, 0.25) is 5.88 Å². The number of nitrogens with zero attached hydrogens (tertiary/aromatic N) is 1. The fourth-order valence-electron chi connectivity index (χ4n) is 1.61. The standard InChI is InChI=1S/C12H13NO3/c1-14-9-6-4-5-8-10(15-2)7-11(16-3)13-12(8)9/h4-7H,1-3H3. The van der Waals surface area contributed by atoms with Crippen LogP contribution in [0.3, 0.4) is 0 Å². The highest BCUT2D eigenvalue weighted by Gasteiger charge is 2.10. The number of para-hydroxylation sites is 1. The Kier molecular flexibility index (Phi) is 2.81. The summed E-state index contributed by atoms with van der Waals surface area (Å²) in [5, 5.41) is 0.905. The number of fused-ring (bicyclic) bond motifs is 1. The van der Waals surface area contributed by atoms with Gasteiger partial charge in [-0.15, -0.1) is 0 Å². The number of ether oxygens (including phenoxy) is 3. The molecular formula is C12H13NO3. The summed E-state index contributed by atoms with van der Waals surface area (Å²) < 4.78 is 15.7. The van der Waals surface area contributed by atoms with Crippen molar-refractivity contribution in [3.63, 3.8) is 0 Å². The van der Waals surface area contributed by atoms with E-state index in [1.807, 2.05) is 18.2 Å². The molecule has 0 aliphatic heterocycles. The lowest BCUT2D eigenvalue weighted by Gasteiger charge is -2.10. The Hall–Kier alpha value is -1.97. The van der Waals surface area contributed by atoms with Crippen molar-refractivity contribution < 1.29 is 14.2 Å². The maximum atomic E-state index is 5.29. The highest BCUT2D eigenvalue weighted by Crippen LogP contribution is 2.33. The molecule has 1 heterocycles. The summed E-state index contributed by atoms with van der Waals surface area (Å²) in [5.41, 5.74) is 0.737. The zero-order valence-electron chi connectivity index (χ0n) is 9.48. The highest BCUT2D eigenvalue weighted by molar-refractivity contribution is 5.90. The molecule has 16 heavy (non-hydrogen) atoms. The van der Waals surface area contributed by atoms with Gasteiger partial charge < -0.3 is 14.2 Å². The molecule has 0 unspecified atom stereocenters. The Bertz CT molecular complexity index is 511. The van der Waals surface area contributed by atoms with Gasteiger partial charge in [-0.05, 0) is 12.1 Å². The van der Waals surface area contributed by atoms with Crippen molar-refractivity contribution in [3.8, 4) is 17.4 Å². The Morgan fingerprint density at radius 3 is 2.31 bits per heavy atom. The molecule has 2 rings (SSSR count). The van der Waals surface area contributed by atoms with Crippen LogP contribution in [-0.2, 0) is 0 Å². The summed E-state index contributed by atoms with van der Waals surface area (Å²) in [7, 11) is 4.80. The molecule has 2 aromatic rings. The predicted octanol–water partition coefficient (Wildman–Crippen LogP) is 2.26. The maximum absolute atomic E-state index is 5.29. The van der Waals surface area contributed by atoms with E-state index in [1.165, 1.54) is 0 Å². The molecule has 0 spiro atoms. The lowest BCUT2D eigenvalue weighted by Crippen LogP contribution is -1.94. The molecule has 0 saturated carbocycles. The average Bonchev–Trinajstić information content (AvgIpc) is 2.36. The van der Waals surface area contributed by atoms with Gasteiger partial charge >= 0.3 is 0 Å². The van der Waals surface area contributed by atoms with Gasteiger partial charge in [0.05, 0.1) is 21.3 Å². The molecule has 0 aliphatic rings. The zero-order valence-corrected chi connectivity index (χ0v) is 9.48. The summed E-state index contributed by atoms with van der Waals surface area (Å²) in [6.07, 6.45) is 0. The van der Waals surface area contributed by atoms with Crippen LogP contribution < -0.4 is 14.2 Å². The van der Waals surface area contributed by atoms with E-state index in [1.54, 1.807) is 27.4 Å². The van der Waals surface area contributed by atoms with E-state index in [9.17, 15) is 0 Å². The molecule has 0 fully saturated rings. The van der Waals surface area contributed by atoms with E-state index in [0.29, 0.717) is 11.6 Å². The van der Waals surface area contributed by atoms with Crippen LogP contribution in [0.25, 0.3) is 10.9 Å². The lowest BCUT2D eigenvalue weighted by atomic mass is 10.2. The van der Waals surface area contributed by atoms with Gasteiger partial charge in [0.15, 0.2) is 0 Å². The molecule has 1 aromatic carbocycles. The lowest BCUT2D eigenvalue weighted by molar-refractivity contribution is 0.384. The molecular weight excluding hydrogens is 206 g/mol. The van der Waals surface area contributed by atoms with Gasteiger partial charge in [-0.1, -0.05) is 6.07 Å². The number of pyridine rings is 1. The molecule has 0 atom stereocenters. The molecule has 4 heteroatoms. The van der Waals surface area contributed by atoms with Gasteiger partial charge in [0, 0.05) is 11.5 Å². The second kappa shape index (κ2) is 4.26. The van der Waals surface area contributed by atoms with Crippen molar-refractivity contribution in [2.45, 2.75) is 0 Å². The van der Waals surface area contributed by atoms with Crippen molar-refractivity contribution in [1.82, 2.24) is 4.98 Å². The molecule has 0 bridgehead atoms. The highest BCUT2D eigenvalue weighted by atomic mass is 16.5. The smallest absolute Gasteiger partial charge is 0.217 e. The van der Waals surface area contributed by atoms with E-state index >= 15 is 0 Å². The van der Waals surface area contributed by atoms with Gasteiger partial charge in [0.25, 0.3) is 0 Å². The monoisotopic (exact) mass is 219 g/mol. The molecule has 1 aromatic heterocycles. The summed E-state index contributed by atoms with van der Waals surface area (Å²) >= 11 is 0. The summed E-state index contributed by atoms with van der Waals surface area (Å²) in [5.74, 6) is 1.93. The Morgan fingerprint density at radius 1 is 0.938 bits per heavy atom. The minimum Gasteiger partial charge on any atom is -0.496 e. The topological polar surface area (TPSA) is 40.6 Å². The third-order valence-corrected chi connectivity index (χ3v) is 2.39. The van der Waals surface area contributed by atoms with E-state index in [2.05, 4.69) is 4.98 Å². The van der Waals surface area contributed by atoms with E-state index in [0.717, 1.165) is 16.7 Å². The summed E-state index contributed by atoms with van der Waals surface area (Å²) in [4.78, 5) is 4.35. The van der Waals surface area contributed by atoms with Crippen LogP contribution in [0.5, 0.6) is 17.4 Å². The zero-order chi connectivity index (χ0) is 11.5. The van der Waals surface area contributed by atoms with Crippen molar-refractivity contribution in [2.75, 3.05) is 21.3 Å². The fourth-order valence-corrected chi connectivity index (χ4v) is 1.61. The van der Waals surface area contributed by atoms with Crippen LogP contribution >= 0.6 is 0 Å². The Morgan fingerprint density at radius 2 is 1.69 bits per heavy atom. The van der Waals surface area contributed by atoms with E-state index < -0.39 is 0 Å². The summed E-state index contributed by atoms with van der Waals surface area (Å²) in [6.45, 7) is 0. The molecule has 0 amide bonds. The number of benzene rings is 1. The first-order chi connectivity index (χ1) is 7.80. The van der Waals surface area contributed by atoms with Gasteiger partial charge in [-0.25, -0.2) is 4.98 Å². The van der Waals surface area contributed by atoms with Gasteiger partial charge in [-0.2, -0.15) is 0 Å². The number of hydrogen-bond donors (Lipinski definition) is 0. The van der Waals surface area contributed by atoms with Gasteiger partial charge in [0.1, 0.15) is 17.0 Å². The van der Waals surface area contributed by atoms with E-state index in [-0.39, 0.29) is 0 Å². The first-order valence-electron chi connectivity index (χ1n) is 4.86. The molecule has 0 saturated heterocycles. The second-order valence-corrected chi connectivity index (χ2v) is 3.22. The van der Waals surface area contributed by atoms with Crippen molar-refractivity contribution in [1.29, 1.82) is 0 Å². The van der Waals surface area contributed by atoms with Crippen LogP contribution in [0.4, 0.5) is 0 Å². The molecule has 0 N–H and O–H groups in total. The molecule has 0 radical (unpaired) electrons. The minimum atomic E-state index is 0.508. The molecule has 0 aliphatic carbocycles. The minimum absolute atomic E-state index is 0.508. The normalized spacial score (nSPS) is 10.2. The largest absolute Gasteiger partial charge is 0.496 e. The van der Waals surface area contributed by atoms with Crippen LogP contribution in [0, 0.1) is 0 Å². The van der Waals surface area contributed by atoms with Crippen LogP contribution in [0.1, 0.15) is 0 Å². The molecule has 4 nitrogen and oxygen atoms in total. The van der Waals surface area contributed by atoms with Crippen molar-refractivity contribution in [2.24, 2.45) is 0 Å². The van der Waals surface area contributed by atoms with Crippen molar-refractivity contribution in [3.05, 3.63) is 24.3 Å². The third kappa shape index (κ3) is 1.62.